The van der Waals surface area contributed by atoms with Gasteiger partial charge in [-0.2, -0.15) is 0 Å². The first-order valence-corrected chi connectivity index (χ1v) is 5.42. The number of fused-ring (bicyclic) bond motifs is 1. The van der Waals surface area contributed by atoms with E-state index in [0.29, 0.717) is 6.61 Å². The van der Waals surface area contributed by atoms with Crippen molar-refractivity contribution in [1.82, 2.24) is 4.57 Å². The maximum absolute atomic E-state index is 11.2. The fourth-order valence-electron chi connectivity index (χ4n) is 1.93. The highest BCUT2D eigenvalue weighted by molar-refractivity contribution is 5.82. The first-order chi connectivity index (χ1) is 7.72. The fraction of sp³-hybridized carbons (Fsp3) is 0.308. The van der Waals surface area contributed by atoms with Crippen LogP contribution < -0.4 is 0 Å². The van der Waals surface area contributed by atoms with Gasteiger partial charge in [-0.05, 0) is 37.6 Å². The van der Waals surface area contributed by atoms with Crippen LogP contribution >= 0.6 is 0 Å². The van der Waals surface area contributed by atoms with Gasteiger partial charge in [-0.15, -0.1) is 0 Å². The highest BCUT2D eigenvalue weighted by atomic mass is 16.5. The molecule has 0 aliphatic carbocycles. The van der Waals surface area contributed by atoms with Crippen molar-refractivity contribution >= 4 is 12.0 Å². The average Bonchev–Trinajstić information content (AvgIpc) is 2.76. The zero-order chi connectivity index (χ0) is 11.5. The van der Waals surface area contributed by atoms with Crippen LogP contribution in [0.25, 0.3) is 6.08 Å². The van der Waals surface area contributed by atoms with Gasteiger partial charge in [0.05, 0.1) is 12.6 Å². The van der Waals surface area contributed by atoms with E-state index in [4.69, 9.17) is 4.74 Å². The maximum atomic E-state index is 11.2. The van der Waals surface area contributed by atoms with Crippen LogP contribution in [0.3, 0.4) is 0 Å². The standard InChI is InChI=1S/C13H15NO2/c1-3-16-13(15)7-6-12-10(2)9-11-5-4-8-14(11)12/h4-9,12H,3H2,1-2H3/b7-6+. The normalized spacial score (nSPS) is 18.6. The minimum absolute atomic E-state index is 0.148. The molecule has 0 saturated heterocycles. The van der Waals surface area contributed by atoms with Gasteiger partial charge < -0.3 is 9.30 Å². The van der Waals surface area contributed by atoms with Crippen LogP contribution in [-0.2, 0) is 9.53 Å². The minimum Gasteiger partial charge on any atom is -0.463 e. The van der Waals surface area contributed by atoms with E-state index in [-0.39, 0.29) is 12.0 Å². The van der Waals surface area contributed by atoms with E-state index in [1.54, 1.807) is 6.92 Å². The third-order valence-corrected chi connectivity index (χ3v) is 2.65. The smallest absolute Gasteiger partial charge is 0.330 e. The Bertz CT molecular complexity index is 454. The Morgan fingerprint density at radius 3 is 3.19 bits per heavy atom. The molecule has 0 aromatic carbocycles. The van der Waals surface area contributed by atoms with Crippen molar-refractivity contribution in [2.45, 2.75) is 19.9 Å². The van der Waals surface area contributed by atoms with Gasteiger partial charge in [0, 0.05) is 18.0 Å². The molecule has 3 heteroatoms. The minimum atomic E-state index is -0.282. The second-order valence-electron chi connectivity index (χ2n) is 3.78. The van der Waals surface area contributed by atoms with Crippen LogP contribution in [0, 0.1) is 0 Å². The van der Waals surface area contributed by atoms with Crippen molar-refractivity contribution in [3.05, 3.63) is 41.7 Å². The average molecular weight is 217 g/mol. The number of esters is 1. The molecule has 0 spiro atoms. The first-order valence-electron chi connectivity index (χ1n) is 5.42. The summed E-state index contributed by atoms with van der Waals surface area (Å²) in [6.07, 6.45) is 7.52. The Balaban J connectivity index is 2.12. The summed E-state index contributed by atoms with van der Waals surface area (Å²) in [5.74, 6) is -0.282. The predicted octanol–water partition coefficient (Wildman–Crippen LogP) is 2.57. The third kappa shape index (κ3) is 1.94. The van der Waals surface area contributed by atoms with E-state index in [9.17, 15) is 4.79 Å². The molecule has 0 fully saturated rings. The number of hydrogen-bond donors (Lipinski definition) is 0. The number of aromatic nitrogens is 1. The maximum Gasteiger partial charge on any atom is 0.330 e. The third-order valence-electron chi connectivity index (χ3n) is 2.65. The zero-order valence-electron chi connectivity index (χ0n) is 9.51. The number of carbonyl (C=O) groups excluding carboxylic acids is 1. The number of hydrogen-bond acceptors (Lipinski definition) is 2. The van der Waals surface area contributed by atoms with Gasteiger partial charge in [-0.25, -0.2) is 4.79 Å². The molecule has 2 rings (SSSR count). The lowest BCUT2D eigenvalue weighted by Gasteiger charge is -2.10. The molecule has 1 aromatic rings. The number of ether oxygens (including phenoxy) is 1. The van der Waals surface area contributed by atoms with Gasteiger partial charge in [0.25, 0.3) is 0 Å². The summed E-state index contributed by atoms with van der Waals surface area (Å²) in [7, 11) is 0. The summed E-state index contributed by atoms with van der Waals surface area (Å²) in [6, 6.07) is 4.21. The summed E-state index contributed by atoms with van der Waals surface area (Å²) in [5, 5.41) is 0. The van der Waals surface area contributed by atoms with E-state index >= 15 is 0 Å². The largest absolute Gasteiger partial charge is 0.463 e. The zero-order valence-corrected chi connectivity index (χ0v) is 9.51. The monoisotopic (exact) mass is 217 g/mol. The van der Waals surface area contributed by atoms with Crippen molar-refractivity contribution in [3.8, 4) is 0 Å². The van der Waals surface area contributed by atoms with Crippen molar-refractivity contribution in [2.75, 3.05) is 6.61 Å². The highest BCUT2D eigenvalue weighted by Crippen LogP contribution is 2.30. The molecule has 1 atom stereocenters. The molecule has 2 heterocycles. The molecule has 1 aromatic heterocycles. The Labute approximate surface area is 95.0 Å². The molecule has 1 aliphatic heterocycles. The second-order valence-corrected chi connectivity index (χ2v) is 3.78. The number of rotatable bonds is 3. The van der Waals surface area contributed by atoms with Crippen molar-refractivity contribution in [3.63, 3.8) is 0 Å². The summed E-state index contributed by atoms with van der Waals surface area (Å²) in [4.78, 5) is 11.2. The molecule has 3 nitrogen and oxygen atoms in total. The molecule has 0 amide bonds. The van der Waals surface area contributed by atoms with Crippen LogP contribution in [0.15, 0.2) is 36.1 Å². The van der Waals surface area contributed by atoms with Gasteiger partial charge in [0.2, 0.25) is 0 Å². The molecule has 16 heavy (non-hydrogen) atoms. The van der Waals surface area contributed by atoms with Crippen LogP contribution in [-0.4, -0.2) is 17.1 Å². The summed E-state index contributed by atoms with van der Waals surface area (Å²) >= 11 is 0. The SMILES string of the molecule is CCOC(=O)/C=C/C1C(C)=Cc2cccn21. The molecule has 0 radical (unpaired) electrons. The first kappa shape index (κ1) is 10.7. The van der Waals surface area contributed by atoms with Crippen molar-refractivity contribution in [1.29, 1.82) is 0 Å². The van der Waals surface area contributed by atoms with Gasteiger partial charge in [0.15, 0.2) is 0 Å². The Hall–Kier alpha value is -1.77. The molecular weight excluding hydrogens is 202 g/mol. The summed E-state index contributed by atoms with van der Waals surface area (Å²) < 4.78 is 6.98. The number of carbonyl (C=O) groups is 1. The molecule has 1 unspecified atom stereocenters. The Kier molecular flexibility index (Phi) is 2.95. The van der Waals surface area contributed by atoms with Crippen LogP contribution in [0.4, 0.5) is 0 Å². The molecular formula is C13H15NO2. The molecule has 0 bridgehead atoms. The summed E-state index contributed by atoms with van der Waals surface area (Å²) in [6.45, 7) is 4.28. The van der Waals surface area contributed by atoms with E-state index in [1.807, 2.05) is 18.3 Å². The van der Waals surface area contributed by atoms with Crippen LogP contribution in [0.1, 0.15) is 25.6 Å². The van der Waals surface area contributed by atoms with Gasteiger partial charge in [-0.1, -0.05) is 6.08 Å². The summed E-state index contributed by atoms with van der Waals surface area (Å²) in [5.41, 5.74) is 2.41. The van der Waals surface area contributed by atoms with Crippen LogP contribution in [0.2, 0.25) is 0 Å². The van der Waals surface area contributed by atoms with Crippen molar-refractivity contribution < 1.29 is 9.53 Å². The second kappa shape index (κ2) is 4.39. The number of allylic oxidation sites excluding steroid dienone is 2. The number of nitrogens with zero attached hydrogens (tertiary/aromatic N) is 1. The molecule has 0 saturated carbocycles. The topological polar surface area (TPSA) is 31.2 Å². The lowest BCUT2D eigenvalue weighted by molar-refractivity contribution is -0.137. The predicted molar refractivity (Wildman–Crippen MR) is 62.9 cm³/mol. The van der Waals surface area contributed by atoms with Gasteiger partial charge in [-0.3, -0.25) is 0 Å². The highest BCUT2D eigenvalue weighted by Gasteiger charge is 2.18. The van der Waals surface area contributed by atoms with Crippen molar-refractivity contribution in [2.24, 2.45) is 0 Å². The molecule has 0 N–H and O–H groups in total. The molecule has 1 aliphatic rings. The lowest BCUT2D eigenvalue weighted by atomic mass is 10.1. The Morgan fingerprint density at radius 1 is 1.62 bits per heavy atom. The van der Waals surface area contributed by atoms with E-state index in [2.05, 4.69) is 23.6 Å². The van der Waals surface area contributed by atoms with Gasteiger partial charge in [0.1, 0.15) is 0 Å². The van der Waals surface area contributed by atoms with E-state index in [0.717, 1.165) is 0 Å². The van der Waals surface area contributed by atoms with Gasteiger partial charge >= 0.3 is 5.97 Å². The Morgan fingerprint density at radius 2 is 2.44 bits per heavy atom. The lowest BCUT2D eigenvalue weighted by Crippen LogP contribution is -2.05. The van der Waals surface area contributed by atoms with Crippen LogP contribution in [0.5, 0.6) is 0 Å². The quantitative estimate of drug-likeness (QED) is 0.575. The fourth-order valence-corrected chi connectivity index (χ4v) is 1.93. The van der Waals surface area contributed by atoms with E-state index < -0.39 is 0 Å². The molecule has 84 valence electrons. The van der Waals surface area contributed by atoms with E-state index in [1.165, 1.54) is 17.3 Å².